The molecule has 0 bridgehead atoms. The number of hydrogen-bond donors (Lipinski definition) is 2. The predicted molar refractivity (Wildman–Crippen MR) is 93.7 cm³/mol. The van der Waals surface area contributed by atoms with Crippen LogP contribution in [0.1, 0.15) is 12.0 Å². The lowest BCUT2D eigenvalue weighted by molar-refractivity contribution is -0.115. The summed E-state index contributed by atoms with van der Waals surface area (Å²) in [5.41, 5.74) is 3.28. The van der Waals surface area contributed by atoms with Gasteiger partial charge < -0.3 is 15.5 Å². The van der Waals surface area contributed by atoms with Gasteiger partial charge in [0.1, 0.15) is 0 Å². The van der Waals surface area contributed by atoms with Crippen molar-refractivity contribution in [2.24, 2.45) is 0 Å². The molecule has 5 heteroatoms. The van der Waals surface area contributed by atoms with Gasteiger partial charge in [-0.1, -0.05) is 6.07 Å². The van der Waals surface area contributed by atoms with Gasteiger partial charge in [-0.05, 0) is 42.5 Å². The van der Waals surface area contributed by atoms with Crippen LogP contribution in [-0.4, -0.2) is 26.5 Å². The summed E-state index contributed by atoms with van der Waals surface area (Å²) in [5, 5.41) is 14.9. The van der Waals surface area contributed by atoms with Crippen LogP contribution in [0, 0.1) is 11.3 Å². The summed E-state index contributed by atoms with van der Waals surface area (Å²) >= 11 is 0. The zero-order valence-electron chi connectivity index (χ0n) is 13.3. The Hall–Kier alpha value is -3.00. The van der Waals surface area contributed by atoms with Crippen molar-refractivity contribution in [3.63, 3.8) is 0 Å². The molecule has 118 valence electrons. The van der Waals surface area contributed by atoms with Gasteiger partial charge in [-0.3, -0.25) is 4.79 Å². The highest BCUT2D eigenvalue weighted by molar-refractivity contribution is 5.91. The maximum atomic E-state index is 11.9. The molecule has 2 rings (SSSR count). The number of benzene rings is 2. The lowest BCUT2D eigenvalue weighted by Gasteiger charge is -2.13. The Morgan fingerprint density at radius 1 is 1.13 bits per heavy atom. The molecule has 0 unspecified atom stereocenters. The van der Waals surface area contributed by atoms with Gasteiger partial charge in [0.25, 0.3) is 0 Å². The maximum Gasteiger partial charge on any atom is 0.226 e. The highest BCUT2D eigenvalue weighted by Gasteiger charge is 2.03. The first-order chi connectivity index (χ1) is 11.1. The van der Waals surface area contributed by atoms with Crippen LogP contribution >= 0.6 is 0 Å². The van der Waals surface area contributed by atoms with Gasteiger partial charge in [-0.2, -0.15) is 5.26 Å². The third-order valence-corrected chi connectivity index (χ3v) is 3.34. The number of carbonyl (C=O) groups is 1. The van der Waals surface area contributed by atoms with Crippen LogP contribution in [0.2, 0.25) is 0 Å². The Morgan fingerprint density at radius 3 is 2.52 bits per heavy atom. The van der Waals surface area contributed by atoms with E-state index >= 15 is 0 Å². The molecule has 2 aromatic rings. The summed E-state index contributed by atoms with van der Waals surface area (Å²) in [4.78, 5) is 13.9. The number of hydrogen-bond acceptors (Lipinski definition) is 4. The van der Waals surface area contributed by atoms with Crippen LogP contribution < -0.4 is 15.5 Å². The molecule has 0 atom stereocenters. The molecule has 2 N–H and O–H groups in total. The molecule has 0 heterocycles. The van der Waals surface area contributed by atoms with Crippen molar-refractivity contribution >= 4 is 23.0 Å². The van der Waals surface area contributed by atoms with E-state index in [-0.39, 0.29) is 5.91 Å². The van der Waals surface area contributed by atoms with Gasteiger partial charge in [-0.25, -0.2) is 0 Å². The second kappa shape index (κ2) is 7.85. The lowest BCUT2D eigenvalue weighted by Crippen LogP contribution is -2.16. The quantitative estimate of drug-likeness (QED) is 0.860. The molecular weight excluding hydrogens is 288 g/mol. The Morgan fingerprint density at radius 2 is 1.87 bits per heavy atom. The fraction of sp³-hybridized carbons (Fsp3) is 0.222. The predicted octanol–water partition coefficient (Wildman–Crippen LogP) is 3.06. The molecular formula is C18H20N4O. The molecule has 5 nitrogen and oxygen atoms in total. The average Bonchev–Trinajstić information content (AvgIpc) is 2.55. The maximum absolute atomic E-state index is 11.9. The Balaban J connectivity index is 1.79. The molecule has 23 heavy (non-hydrogen) atoms. The van der Waals surface area contributed by atoms with Crippen LogP contribution in [0.15, 0.2) is 48.5 Å². The molecule has 0 fully saturated rings. The lowest BCUT2D eigenvalue weighted by atomic mass is 10.2. The SMILES string of the molecule is CN(C)c1ccc(NCCC(=O)Nc2cccc(C#N)c2)cc1. The first kappa shape index (κ1) is 16.4. The van der Waals surface area contributed by atoms with E-state index in [1.807, 2.05) is 43.3 Å². The molecule has 0 saturated carbocycles. The molecule has 0 saturated heterocycles. The van der Waals surface area contributed by atoms with Gasteiger partial charge in [-0.15, -0.1) is 0 Å². The third-order valence-electron chi connectivity index (χ3n) is 3.34. The van der Waals surface area contributed by atoms with E-state index in [9.17, 15) is 4.79 Å². The molecule has 0 radical (unpaired) electrons. The van der Waals surface area contributed by atoms with Gasteiger partial charge in [0.05, 0.1) is 11.6 Å². The number of anilines is 3. The molecule has 0 aromatic heterocycles. The van der Waals surface area contributed by atoms with Crippen molar-refractivity contribution in [3.8, 4) is 6.07 Å². The van der Waals surface area contributed by atoms with E-state index in [0.29, 0.717) is 24.2 Å². The van der Waals surface area contributed by atoms with E-state index in [1.165, 1.54) is 0 Å². The van der Waals surface area contributed by atoms with Crippen molar-refractivity contribution in [3.05, 3.63) is 54.1 Å². The van der Waals surface area contributed by atoms with E-state index in [4.69, 9.17) is 5.26 Å². The van der Waals surface area contributed by atoms with Crippen LogP contribution in [-0.2, 0) is 4.79 Å². The van der Waals surface area contributed by atoms with Crippen molar-refractivity contribution in [2.75, 3.05) is 36.2 Å². The monoisotopic (exact) mass is 308 g/mol. The minimum absolute atomic E-state index is 0.0856. The first-order valence-corrected chi connectivity index (χ1v) is 7.40. The highest BCUT2D eigenvalue weighted by Crippen LogP contribution is 2.15. The Bertz CT molecular complexity index is 702. The van der Waals surface area contributed by atoms with Crippen LogP contribution in [0.4, 0.5) is 17.1 Å². The van der Waals surface area contributed by atoms with Crippen LogP contribution in [0.25, 0.3) is 0 Å². The molecule has 0 aliphatic heterocycles. The number of amides is 1. The zero-order valence-corrected chi connectivity index (χ0v) is 13.3. The largest absolute Gasteiger partial charge is 0.385 e. The molecule has 1 amide bonds. The second-order valence-electron chi connectivity index (χ2n) is 5.36. The third kappa shape index (κ3) is 5.04. The second-order valence-corrected chi connectivity index (χ2v) is 5.36. The number of carbonyl (C=O) groups excluding carboxylic acids is 1. The van der Waals surface area contributed by atoms with Gasteiger partial charge >= 0.3 is 0 Å². The first-order valence-electron chi connectivity index (χ1n) is 7.40. The minimum Gasteiger partial charge on any atom is -0.385 e. The minimum atomic E-state index is -0.0856. The summed E-state index contributed by atoms with van der Waals surface area (Å²) in [7, 11) is 3.99. The van der Waals surface area contributed by atoms with Gasteiger partial charge in [0.15, 0.2) is 0 Å². The Labute approximate surface area is 136 Å². The molecule has 0 spiro atoms. The van der Waals surface area contributed by atoms with Crippen molar-refractivity contribution in [1.29, 1.82) is 5.26 Å². The standard InChI is InChI=1S/C18H20N4O/c1-22(2)17-8-6-15(7-9-17)20-11-10-18(23)21-16-5-3-4-14(12-16)13-19/h3-9,12,20H,10-11H2,1-2H3,(H,21,23). The summed E-state index contributed by atoms with van der Waals surface area (Å²) in [6.45, 7) is 0.547. The molecule has 0 aliphatic carbocycles. The van der Waals surface area contributed by atoms with Gasteiger partial charge in [0.2, 0.25) is 5.91 Å². The summed E-state index contributed by atoms with van der Waals surface area (Å²) < 4.78 is 0. The number of nitrogens with zero attached hydrogens (tertiary/aromatic N) is 2. The number of nitriles is 1. The van der Waals surface area contributed by atoms with Crippen molar-refractivity contribution in [2.45, 2.75) is 6.42 Å². The molecule has 0 aliphatic rings. The zero-order chi connectivity index (χ0) is 16.7. The number of nitrogens with one attached hydrogen (secondary N) is 2. The number of rotatable bonds is 6. The summed E-state index contributed by atoms with van der Waals surface area (Å²) in [6.07, 6.45) is 0.353. The van der Waals surface area contributed by atoms with Crippen LogP contribution in [0.3, 0.4) is 0 Å². The van der Waals surface area contributed by atoms with E-state index < -0.39 is 0 Å². The van der Waals surface area contributed by atoms with E-state index in [0.717, 1.165) is 11.4 Å². The average molecular weight is 308 g/mol. The van der Waals surface area contributed by atoms with Crippen molar-refractivity contribution in [1.82, 2.24) is 0 Å². The smallest absolute Gasteiger partial charge is 0.226 e. The van der Waals surface area contributed by atoms with Crippen LogP contribution in [0.5, 0.6) is 0 Å². The van der Waals surface area contributed by atoms with E-state index in [1.54, 1.807) is 24.3 Å². The van der Waals surface area contributed by atoms with Crippen molar-refractivity contribution < 1.29 is 4.79 Å². The van der Waals surface area contributed by atoms with E-state index in [2.05, 4.69) is 16.7 Å². The topological polar surface area (TPSA) is 68.2 Å². The summed E-state index contributed by atoms with van der Waals surface area (Å²) in [5.74, 6) is -0.0856. The normalized spacial score (nSPS) is 9.78. The Kier molecular flexibility index (Phi) is 5.59. The van der Waals surface area contributed by atoms with Gasteiger partial charge in [0, 0.05) is 44.1 Å². The highest BCUT2D eigenvalue weighted by atomic mass is 16.1. The fourth-order valence-corrected chi connectivity index (χ4v) is 2.09. The molecule has 2 aromatic carbocycles. The fourth-order valence-electron chi connectivity index (χ4n) is 2.09. The summed E-state index contributed by atoms with van der Waals surface area (Å²) in [6, 6.07) is 17.0.